The third-order valence-electron chi connectivity index (χ3n) is 7.12. The summed E-state index contributed by atoms with van der Waals surface area (Å²) in [5.41, 5.74) is 5.01. The Labute approximate surface area is 209 Å². The fourth-order valence-electron chi connectivity index (χ4n) is 5.45. The molecule has 0 fully saturated rings. The SMILES string of the molecule is COc1cc(O)c2c(c1)CCc1c(OC)cc3c(c1-2)O[C@H](c1cc(OC)c(OC)c(OC)c1)[C@H]3CO. The second-order valence-electron chi connectivity index (χ2n) is 8.82. The van der Waals surface area contributed by atoms with E-state index in [0.717, 1.165) is 34.2 Å². The molecule has 2 N–H and O–H groups in total. The van der Waals surface area contributed by atoms with Gasteiger partial charge >= 0.3 is 0 Å². The molecule has 190 valence electrons. The first-order valence-electron chi connectivity index (χ1n) is 11.7. The maximum atomic E-state index is 11.0. The highest BCUT2D eigenvalue weighted by Gasteiger charge is 2.41. The Balaban J connectivity index is 1.71. The lowest BCUT2D eigenvalue weighted by Crippen LogP contribution is -2.14. The average Bonchev–Trinajstić information content (AvgIpc) is 3.29. The lowest BCUT2D eigenvalue weighted by atomic mass is 9.81. The standard InChI is InChI=1S/C28H30O8/c1-31-16-8-14-6-7-17-21(32-2)12-18-19(13-29)26(36-27(18)25(17)24(14)20(30)11-16)15-9-22(33-3)28(35-5)23(10-15)34-4/h8-12,19,26,29-30H,6-7,13H2,1-5H3/t19-,26+/m0/s1. The summed E-state index contributed by atoms with van der Waals surface area (Å²) in [6.45, 7) is -0.155. The Hall–Kier alpha value is -3.78. The number of benzene rings is 3. The largest absolute Gasteiger partial charge is 0.507 e. The molecule has 36 heavy (non-hydrogen) atoms. The summed E-state index contributed by atoms with van der Waals surface area (Å²) in [6.07, 6.45) is 0.913. The van der Waals surface area contributed by atoms with Crippen LogP contribution < -0.4 is 28.4 Å². The zero-order valence-electron chi connectivity index (χ0n) is 21.0. The first-order chi connectivity index (χ1) is 17.5. The van der Waals surface area contributed by atoms with E-state index in [-0.39, 0.29) is 18.3 Å². The molecule has 0 saturated carbocycles. The van der Waals surface area contributed by atoms with Gasteiger partial charge in [0, 0.05) is 33.9 Å². The highest BCUT2D eigenvalue weighted by Crippen LogP contribution is 2.58. The monoisotopic (exact) mass is 494 g/mol. The van der Waals surface area contributed by atoms with Gasteiger partial charge in [-0.15, -0.1) is 0 Å². The van der Waals surface area contributed by atoms with Crippen LogP contribution in [0.5, 0.6) is 40.2 Å². The van der Waals surface area contributed by atoms with Crippen LogP contribution in [0.2, 0.25) is 0 Å². The molecule has 0 aromatic heterocycles. The van der Waals surface area contributed by atoms with Crippen molar-refractivity contribution in [1.29, 1.82) is 0 Å². The molecule has 2 aliphatic rings. The summed E-state index contributed by atoms with van der Waals surface area (Å²) in [4.78, 5) is 0. The van der Waals surface area contributed by atoms with Crippen LogP contribution >= 0.6 is 0 Å². The minimum absolute atomic E-state index is 0.112. The fourth-order valence-corrected chi connectivity index (χ4v) is 5.45. The van der Waals surface area contributed by atoms with Crippen LogP contribution in [0.15, 0.2) is 30.3 Å². The van der Waals surface area contributed by atoms with Gasteiger partial charge in [0.05, 0.1) is 48.1 Å². The number of rotatable bonds is 7. The molecule has 1 heterocycles. The van der Waals surface area contributed by atoms with E-state index >= 15 is 0 Å². The Kier molecular flexibility index (Phi) is 6.22. The Bertz CT molecular complexity index is 1290. The number of ether oxygens (including phenoxy) is 6. The third kappa shape index (κ3) is 3.55. The number of aliphatic hydroxyl groups excluding tert-OH is 1. The van der Waals surface area contributed by atoms with Crippen LogP contribution in [-0.4, -0.2) is 52.4 Å². The average molecular weight is 495 g/mol. The van der Waals surface area contributed by atoms with Gasteiger partial charge in [-0.2, -0.15) is 0 Å². The van der Waals surface area contributed by atoms with Crippen molar-refractivity contribution in [2.75, 3.05) is 42.2 Å². The number of methoxy groups -OCH3 is 5. The Morgan fingerprint density at radius 2 is 1.50 bits per heavy atom. The molecule has 3 aromatic carbocycles. The molecule has 1 aliphatic carbocycles. The van der Waals surface area contributed by atoms with Crippen molar-refractivity contribution >= 4 is 0 Å². The van der Waals surface area contributed by atoms with Gasteiger partial charge in [0.25, 0.3) is 0 Å². The number of phenolic OH excluding ortho intramolecular Hbond substituents is 1. The lowest BCUT2D eigenvalue weighted by molar-refractivity contribution is 0.159. The molecule has 8 heteroatoms. The van der Waals surface area contributed by atoms with E-state index in [9.17, 15) is 10.2 Å². The van der Waals surface area contributed by atoms with E-state index in [4.69, 9.17) is 28.4 Å². The molecular weight excluding hydrogens is 464 g/mol. The molecule has 0 bridgehead atoms. The fraction of sp³-hybridized carbons (Fsp3) is 0.357. The highest BCUT2D eigenvalue weighted by molar-refractivity contribution is 5.87. The molecule has 0 unspecified atom stereocenters. The Morgan fingerprint density at radius 1 is 0.806 bits per heavy atom. The van der Waals surface area contributed by atoms with Gasteiger partial charge in [-0.1, -0.05) is 0 Å². The summed E-state index contributed by atoms with van der Waals surface area (Å²) in [7, 11) is 7.88. The minimum Gasteiger partial charge on any atom is -0.507 e. The summed E-state index contributed by atoms with van der Waals surface area (Å²) < 4.78 is 34.3. The minimum atomic E-state index is -0.527. The van der Waals surface area contributed by atoms with Crippen molar-refractivity contribution in [2.24, 2.45) is 0 Å². The van der Waals surface area contributed by atoms with Crippen LogP contribution in [-0.2, 0) is 12.8 Å². The predicted molar refractivity (Wildman–Crippen MR) is 133 cm³/mol. The van der Waals surface area contributed by atoms with Gasteiger partial charge in [0.1, 0.15) is 29.1 Å². The van der Waals surface area contributed by atoms with Gasteiger partial charge in [-0.05, 0) is 42.7 Å². The van der Waals surface area contributed by atoms with E-state index < -0.39 is 6.10 Å². The van der Waals surface area contributed by atoms with Gasteiger partial charge < -0.3 is 38.6 Å². The molecule has 0 radical (unpaired) electrons. The second-order valence-corrected chi connectivity index (χ2v) is 8.82. The van der Waals surface area contributed by atoms with Crippen molar-refractivity contribution in [1.82, 2.24) is 0 Å². The molecule has 2 atom stereocenters. The number of aliphatic hydroxyl groups is 1. The molecule has 0 spiro atoms. The highest BCUT2D eigenvalue weighted by atomic mass is 16.5. The zero-order chi connectivity index (χ0) is 25.6. The maximum absolute atomic E-state index is 11.0. The number of hydrogen-bond acceptors (Lipinski definition) is 8. The van der Waals surface area contributed by atoms with E-state index in [0.29, 0.717) is 46.5 Å². The number of hydrogen-bond donors (Lipinski definition) is 2. The van der Waals surface area contributed by atoms with Crippen LogP contribution in [0, 0.1) is 0 Å². The normalized spacial score (nSPS) is 17.4. The van der Waals surface area contributed by atoms with Gasteiger partial charge in [0.15, 0.2) is 11.5 Å². The quantitative estimate of drug-likeness (QED) is 0.499. The smallest absolute Gasteiger partial charge is 0.203 e. The van der Waals surface area contributed by atoms with Crippen LogP contribution in [0.3, 0.4) is 0 Å². The van der Waals surface area contributed by atoms with Gasteiger partial charge in [-0.25, -0.2) is 0 Å². The Morgan fingerprint density at radius 3 is 2.08 bits per heavy atom. The predicted octanol–water partition coefficient (Wildman–Crippen LogP) is 4.41. The maximum Gasteiger partial charge on any atom is 0.203 e. The van der Waals surface area contributed by atoms with E-state index in [1.807, 2.05) is 24.3 Å². The topological polar surface area (TPSA) is 95.8 Å². The molecule has 1 aliphatic heterocycles. The molecule has 5 rings (SSSR count). The number of fused-ring (bicyclic) bond motifs is 5. The second kappa shape index (κ2) is 9.35. The van der Waals surface area contributed by atoms with Gasteiger partial charge in [0.2, 0.25) is 5.75 Å². The first kappa shape index (κ1) is 23.9. The summed E-state index contributed by atoms with van der Waals surface area (Å²) >= 11 is 0. The lowest BCUT2D eigenvalue weighted by Gasteiger charge is -2.25. The molecular formula is C28H30O8. The van der Waals surface area contributed by atoms with Crippen molar-refractivity contribution in [2.45, 2.75) is 24.9 Å². The molecule has 0 saturated heterocycles. The summed E-state index contributed by atoms with van der Waals surface area (Å²) in [5, 5.41) is 21.5. The van der Waals surface area contributed by atoms with Crippen LogP contribution in [0.1, 0.15) is 34.3 Å². The summed E-state index contributed by atoms with van der Waals surface area (Å²) in [6, 6.07) is 9.16. The van der Waals surface area contributed by atoms with Gasteiger partial charge in [-0.3, -0.25) is 0 Å². The van der Waals surface area contributed by atoms with Crippen molar-refractivity contribution in [3.63, 3.8) is 0 Å². The van der Waals surface area contributed by atoms with Crippen LogP contribution in [0.25, 0.3) is 11.1 Å². The van der Waals surface area contributed by atoms with Crippen molar-refractivity contribution < 1.29 is 38.6 Å². The first-order valence-corrected chi connectivity index (χ1v) is 11.7. The number of aryl methyl sites for hydroxylation is 1. The molecule has 0 amide bonds. The molecule has 3 aromatic rings. The van der Waals surface area contributed by atoms with E-state index in [2.05, 4.69) is 0 Å². The van der Waals surface area contributed by atoms with Crippen LogP contribution in [0.4, 0.5) is 0 Å². The molecule has 8 nitrogen and oxygen atoms in total. The van der Waals surface area contributed by atoms with Crippen molar-refractivity contribution in [3.05, 3.63) is 52.6 Å². The zero-order valence-corrected chi connectivity index (χ0v) is 21.0. The third-order valence-corrected chi connectivity index (χ3v) is 7.12. The van der Waals surface area contributed by atoms with Crippen molar-refractivity contribution in [3.8, 4) is 51.4 Å². The van der Waals surface area contributed by atoms with E-state index in [1.165, 1.54) is 0 Å². The number of aromatic hydroxyl groups is 1. The van der Waals surface area contributed by atoms with E-state index in [1.54, 1.807) is 41.6 Å². The summed E-state index contributed by atoms with van der Waals surface area (Å²) in [5.74, 6) is 3.14. The number of phenols is 1.